The van der Waals surface area contributed by atoms with Gasteiger partial charge in [-0.05, 0) is 54.7 Å². The summed E-state index contributed by atoms with van der Waals surface area (Å²) in [6, 6.07) is 8.88. The first-order valence-electron chi connectivity index (χ1n) is 10.9. The number of hydrogen-bond donors (Lipinski definition) is 2. The number of nitrogens with two attached hydrogens (primary N) is 2. The standard InChI is InChI=1S/C24H25F6N3O2.ClH/c25-23(26,27)16-6-1-14(2-7-16)5-10-19-20(22(32)35)18(21(31)34)13-33(19)12-11-15-3-8-17(9-4-15)24(28,29)30;/h1-4,6-9,18-20H,5,10-13H2,(H2,31,34)(H2,32,35);1H. The van der Waals surface area contributed by atoms with Crippen molar-refractivity contribution in [3.8, 4) is 0 Å². The quantitative estimate of drug-likeness (QED) is 0.494. The molecule has 2 amide bonds. The van der Waals surface area contributed by atoms with E-state index in [0.717, 1.165) is 24.3 Å². The SMILES string of the molecule is Cl.NC(=O)C1CN(CCc2ccc(C(F)(F)F)cc2)C(CCc2ccc(C(F)(F)F)cc2)C1C(N)=O. The van der Waals surface area contributed by atoms with Gasteiger partial charge in [-0.3, -0.25) is 14.5 Å². The minimum atomic E-state index is -4.45. The van der Waals surface area contributed by atoms with Gasteiger partial charge in [-0.25, -0.2) is 0 Å². The Labute approximate surface area is 210 Å². The molecule has 0 bridgehead atoms. The second-order valence-corrected chi connectivity index (χ2v) is 8.68. The lowest BCUT2D eigenvalue weighted by Gasteiger charge is -2.27. The van der Waals surface area contributed by atoms with Crippen LogP contribution in [-0.4, -0.2) is 35.8 Å². The summed E-state index contributed by atoms with van der Waals surface area (Å²) in [4.78, 5) is 26.0. The zero-order chi connectivity index (χ0) is 26.0. The normalized spacial score (nSPS) is 20.7. The van der Waals surface area contributed by atoms with Crippen LogP contribution in [0.5, 0.6) is 0 Å². The molecule has 3 atom stereocenters. The van der Waals surface area contributed by atoms with Crippen LogP contribution in [0, 0.1) is 11.8 Å². The summed E-state index contributed by atoms with van der Waals surface area (Å²) in [6.07, 6.45) is -7.89. The van der Waals surface area contributed by atoms with Gasteiger partial charge in [-0.15, -0.1) is 12.4 Å². The van der Waals surface area contributed by atoms with Crippen LogP contribution in [0.25, 0.3) is 0 Å². The highest BCUT2D eigenvalue weighted by molar-refractivity contribution is 5.87. The van der Waals surface area contributed by atoms with Crippen LogP contribution in [0.4, 0.5) is 26.3 Å². The lowest BCUT2D eigenvalue weighted by atomic mass is 9.86. The Bertz CT molecular complexity index is 1040. The van der Waals surface area contributed by atoms with Crippen LogP contribution in [0.1, 0.15) is 28.7 Å². The highest BCUT2D eigenvalue weighted by Crippen LogP contribution is 2.34. The Morgan fingerprint density at radius 3 is 1.61 bits per heavy atom. The van der Waals surface area contributed by atoms with Gasteiger partial charge in [-0.1, -0.05) is 24.3 Å². The summed E-state index contributed by atoms with van der Waals surface area (Å²) in [5.74, 6) is -3.11. The number of carbonyl (C=O) groups is 2. The van der Waals surface area contributed by atoms with Crippen molar-refractivity contribution in [3.63, 3.8) is 0 Å². The highest BCUT2D eigenvalue weighted by atomic mass is 35.5. The van der Waals surface area contributed by atoms with E-state index < -0.39 is 53.2 Å². The number of alkyl halides is 6. The van der Waals surface area contributed by atoms with Gasteiger partial charge in [-0.2, -0.15) is 26.3 Å². The van der Waals surface area contributed by atoms with Gasteiger partial charge in [0.05, 0.1) is 23.0 Å². The summed E-state index contributed by atoms with van der Waals surface area (Å²) >= 11 is 0. The predicted octanol–water partition coefficient (Wildman–Crippen LogP) is 4.21. The van der Waals surface area contributed by atoms with E-state index >= 15 is 0 Å². The van der Waals surface area contributed by atoms with Gasteiger partial charge < -0.3 is 11.5 Å². The minimum absolute atomic E-state index is 0. The van der Waals surface area contributed by atoms with Gasteiger partial charge >= 0.3 is 12.4 Å². The molecule has 1 saturated heterocycles. The molecule has 0 aliphatic carbocycles. The first kappa shape index (κ1) is 29.4. The van der Waals surface area contributed by atoms with Crippen molar-refractivity contribution < 1.29 is 35.9 Å². The summed E-state index contributed by atoms with van der Waals surface area (Å²) in [5.41, 5.74) is 10.8. The molecule has 0 saturated carbocycles. The molecular formula is C24H26ClF6N3O2. The van der Waals surface area contributed by atoms with Gasteiger partial charge in [0.15, 0.2) is 0 Å². The van der Waals surface area contributed by atoms with Crippen molar-refractivity contribution >= 4 is 24.2 Å². The maximum absolute atomic E-state index is 12.8. The molecule has 5 nitrogen and oxygen atoms in total. The number of halogens is 7. The topological polar surface area (TPSA) is 89.4 Å². The molecule has 1 aliphatic heterocycles. The summed E-state index contributed by atoms with van der Waals surface area (Å²) in [7, 11) is 0. The molecule has 2 aromatic rings. The Morgan fingerprint density at radius 2 is 1.22 bits per heavy atom. The van der Waals surface area contributed by atoms with Crippen LogP contribution in [0.3, 0.4) is 0 Å². The average molecular weight is 538 g/mol. The maximum Gasteiger partial charge on any atom is 0.416 e. The lowest BCUT2D eigenvalue weighted by Crippen LogP contribution is -2.42. The van der Waals surface area contributed by atoms with Crippen molar-refractivity contribution in [3.05, 3.63) is 70.8 Å². The molecule has 1 aliphatic rings. The molecule has 2 aromatic carbocycles. The number of benzene rings is 2. The molecule has 0 radical (unpaired) electrons. The number of hydrogen-bond acceptors (Lipinski definition) is 3. The van der Waals surface area contributed by atoms with Crippen LogP contribution < -0.4 is 11.5 Å². The van der Waals surface area contributed by atoms with E-state index in [-0.39, 0.29) is 19.0 Å². The third kappa shape index (κ3) is 7.13. The Balaban J connectivity index is 0.00000456. The number of rotatable bonds is 8. The van der Waals surface area contributed by atoms with E-state index in [1.807, 2.05) is 4.90 Å². The summed E-state index contributed by atoms with van der Waals surface area (Å²) in [6.45, 7) is 0.484. The van der Waals surface area contributed by atoms with E-state index in [4.69, 9.17) is 11.5 Å². The average Bonchev–Trinajstić information content (AvgIpc) is 3.15. The monoisotopic (exact) mass is 537 g/mol. The molecular weight excluding hydrogens is 512 g/mol. The summed E-state index contributed by atoms with van der Waals surface area (Å²) in [5, 5.41) is 0. The molecule has 0 aromatic heterocycles. The maximum atomic E-state index is 12.8. The number of aryl methyl sites for hydroxylation is 1. The number of nitrogens with zero attached hydrogens (tertiary/aromatic N) is 1. The Morgan fingerprint density at radius 1 is 0.778 bits per heavy atom. The smallest absolute Gasteiger partial charge is 0.369 e. The fourth-order valence-corrected chi connectivity index (χ4v) is 4.58. The first-order chi connectivity index (χ1) is 16.3. The van der Waals surface area contributed by atoms with Crippen molar-refractivity contribution in [2.45, 2.75) is 37.7 Å². The van der Waals surface area contributed by atoms with Crippen molar-refractivity contribution in [2.75, 3.05) is 13.1 Å². The number of carbonyl (C=O) groups excluding carboxylic acids is 2. The van der Waals surface area contributed by atoms with E-state index in [2.05, 4.69) is 0 Å². The van der Waals surface area contributed by atoms with Crippen LogP contribution >= 0.6 is 12.4 Å². The zero-order valence-electron chi connectivity index (χ0n) is 19.0. The van der Waals surface area contributed by atoms with Crippen molar-refractivity contribution in [1.82, 2.24) is 4.90 Å². The molecule has 1 fully saturated rings. The molecule has 36 heavy (non-hydrogen) atoms. The second-order valence-electron chi connectivity index (χ2n) is 8.68. The first-order valence-corrected chi connectivity index (χ1v) is 10.9. The van der Waals surface area contributed by atoms with Gasteiger partial charge in [0.2, 0.25) is 11.8 Å². The van der Waals surface area contributed by atoms with Gasteiger partial charge in [0.25, 0.3) is 0 Å². The van der Waals surface area contributed by atoms with Gasteiger partial charge in [0.1, 0.15) is 0 Å². The molecule has 4 N–H and O–H groups in total. The Hall–Kier alpha value is -2.79. The van der Waals surface area contributed by atoms with E-state index in [9.17, 15) is 35.9 Å². The van der Waals surface area contributed by atoms with Gasteiger partial charge in [0, 0.05) is 19.1 Å². The molecule has 12 heteroatoms. The van der Waals surface area contributed by atoms with Crippen molar-refractivity contribution in [2.24, 2.45) is 23.3 Å². The van der Waals surface area contributed by atoms with E-state index in [0.29, 0.717) is 36.9 Å². The highest BCUT2D eigenvalue weighted by Gasteiger charge is 2.46. The fourth-order valence-electron chi connectivity index (χ4n) is 4.58. The number of likely N-dealkylation sites (tertiary alicyclic amines) is 1. The number of primary amides is 2. The third-order valence-electron chi connectivity index (χ3n) is 6.42. The molecule has 1 heterocycles. The molecule has 198 valence electrons. The van der Waals surface area contributed by atoms with Crippen LogP contribution in [0.15, 0.2) is 48.5 Å². The van der Waals surface area contributed by atoms with Crippen molar-refractivity contribution in [1.29, 1.82) is 0 Å². The fraction of sp³-hybridized carbons (Fsp3) is 0.417. The molecule has 3 unspecified atom stereocenters. The van der Waals surface area contributed by atoms with E-state index in [1.54, 1.807) is 0 Å². The lowest BCUT2D eigenvalue weighted by molar-refractivity contribution is -0.138. The van der Waals surface area contributed by atoms with Crippen LogP contribution in [-0.2, 0) is 34.8 Å². The Kier molecular flexibility index (Phi) is 9.41. The largest absolute Gasteiger partial charge is 0.416 e. The third-order valence-corrected chi connectivity index (χ3v) is 6.42. The molecule has 3 rings (SSSR count). The molecule has 0 spiro atoms. The predicted molar refractivity (Wildman–Crippen MR) is 123 cm³/mol. The van der Waals surface area contributed by atoms with E-state index in [1.165, 1.54) is 24.3 Å². The minimum Gasteiger partial charge on any atom is -0.369 e. The zero-order valence-corrected chi connectivity index (χ0v) is 19.8. The second kappa shape index (κ2) is 11.5. The van der Waals surface area contributed by atoms with Crippen LogP contribution in [0.2, 0.25) is 0 Å². The summed E-state index contributed by atoms with van der Waals surface area (Å²) < 4.78 is 76.8. The number of amides is 2.